The number of rotatable bonds is 9. The van der Waals surface area contributed by atoms with E-state index in [9.17, 15) is 4.79 Å². The van der Waals surface area contributed by atoms with Crippen molar-refractivity contribution in [2.24, 2.45) is 0 Å². The van der Waals surface area contributed by atoms with Crippen LogP contribution in [0.2, 0.25) is 15.1 Å². The lowest BCUT2D eigenvalue weighted by Gasteiger charge is -2.10. The van der Waals surface area contributed by atoms with Crippen LogP contribution in [0.15, 0.2) is 65.2 Å². The zero-order chi connectivity index (χ0) is 25.7. The van der Waals surface area contributed by atoms with Gasteiger partial charge in [0.25, 0.3) is 0 Å². The molecule has 1 heterocycles. The Bertz CT molecular complexity index is 1410. The van der Waals surface area contributed by atoms with Crippen molar-refractivity contribution in [1.82, 2.24) is 5.16 Å². The van der Waals surface area contributed by atoms with E-state index in [2.05, 4.69) is 12.1 Å². The molecule has 0 unspecified atom stereocenters. The predicted molar refractivity (Wildman–Crippen MR) is 144 cm³/mol. The number of halogens is 3. The van der Waals surface area contributed by atoms with Crippen molar-refractivity contribution in [3.8, 4) is 17.0 Å². The summed E-state index contributed by atoms with van der Waals surface area (Å²) >= 11 is 19.3. The van der Waals surface area contributed by atoms with Gasteiger partial charge in [-0.15, -0.1) is 0 Å². The molecule has 0 fully saturated rings. The first-order valence-electron chi connectivity index (χ1n) is 11.2. The number of benzene rings is 3. The largest absolute Gasteiger partial charge is 0.489 e. The quantitative estimate of drug-likeness (QED) is 0.214. The van der Waals surface area contributed by atoms with E-state index in [1.807, 2.05) is 30.4 Å². The van der Waals surface area contributed by atoms with Crippen molar-refractivity contribution in [3.63, 3.8) is 0 Å². The second-order valence-electron chi connectivity index (χ2n) is 8.02. The van der Waals surface area contributed by atoms with Crippen molar-refractivity contribution >= 4 is 52.9 Å². The molecule has 5 nitrogen and oxygen atoms in total. The molecule has 0 spiro atoms. The lowest BCUT2D eigenvalue weighted by atomic mass is 10.0. The monoisotopic (exact) mass is 541 g/mol. The van der Waals surface area contributed by atoms with Crippen LogP contribution in [0.1, 0.15) is 46.2 Å². The molecule has 0 aliphatic heterocycles. The van der Waals surface area contributed by atoms with Crippen LogP contribution in [0.5, 0.6) is 5.75 Å². The van der Waals surface area contributed by atoms with Crippen LogP contribution in [-0.4, -0.2) is 16.2 Å². The van der Waals surface area contributed by atoms with Gasteiger partial charge in [0, 0.05) is 12.0 Å². The average molecular weight is 543 g/mol. The molecule has 1 aromatic heterocycles. The summed E-state index contributed by atoms with van der Waals surface area (Å²) in [6.45, 7) is 2.25. The summed E-state index contributed by atoms with van der Waals surface area (Å²) in [6, 6.07) is 17.3. The summed E-state index contributed by atoms with van der Waals surface area (Å²) in [6.07, 6.45) is 5.20. The van der Waals surface area contributed by atoms with E-state index in [1.165, 1.54) is 0 Å². The van der Waals surface area contributed by atoms with Crippen molar-refractivity contribution in [2.45, 2.75) is 26.4 Å². The minimum absolute atomic E-state index is 0.198. The Labute approximate surface area is 223 Å². The lowest BCUT2D eigenvalue weighted by Crippen LogP contribution is -2.00. The lowest BCUT2D eigenvalue weighted by molar-refractivity contribution is 0.0697. The highest BCUT2D eigenvalue weighted by molar-refractivity contribution is 6.39. The fraction of sp³-hybridized carbons (Fsp3) is 0.143. The summed E-state index contributed by atoms with van der Waals surface area (Å²) in [7, 11) is 0. The highest BCUT2D eigenvalue weighted by atomic mass is 35.5. The molecular weight excluding hydrogens is 521 g/mol. The number of aryl methyl sites for hydroxylation is 1. The van der Waals surface area contributed by atoms with Crippen molar-refractivity contribution in [2.75, 3.05) is 0 Å². The van der Waals surface area contributed by atoms with E-state index < -0.39 is 5.97 Å². The first kappa shape index (κ1) is 25.8. The third-order valence-electron chi connectivity index (χ3n) is 5.49. The van der Waals surface area contributed by atoms with Crippen LogP contribution in [0.4, 0.5) is 0 Å². The smallest absolute Gasteiger partial charge is 0.335 e. The number of ether oxygens (including phenoxy) is 1. The SMILES string of the molecule is CCCc1onc(-c2c(Cl)cccc2Cl)c1COc1ccc(C=Cc2cccc(C(=O)O)c2)c(Cl)c1. The Balaban J connectivity index is 1.54. The van der Waals surface area contributed by atoms with Gasteiger partial charge in [-0.2, -0.15) is 0 Å². The normalized spacial score (nSPS) is 11.2. The van der Waals surface area contributed by atoms with Crippen molar-refractivity contribution < 1.29 is 19.2 Å². The van der Waals surface area contributed by atoms with Crippen LogP contribution in [-0.2, 0) is 13.0 Å². The summed E-state index contributed by atoms with van der Waals surface area (Å²) in [4.78, 5) is 11.2. The molecule has 184 valence electrons. The third-order valence-corrected chi connectivity index (χ3v) is 6.45. The van der Waals surface area contributed by atoms with E-state index in [4.69, 9.17) is 49.2 Å². The maximum Gasteiger partial charge on any atom is 0.335 e. The molecule has 36 heavy (non-hydrogen) atoms. The summed E-state index contributed by atoms with van der Waals surface area (Å²) in [5, 5.41) is 14.9. The van der Waals surface area contributed by atoms with Crippen LogP contribution in [0.3, 0.4) is 0 Å². The van der Waals surface area contributed by atoms with Gasteiger partial charge in [0.15, 0.2) is 0 Å². The molecule has 4 aromatic rings. The molecule has 0 aliphatic rings. The molecule has 0 amide bonds. The minimum atomic E-state index is -0.973. The van der Waals surface area contributed by atoms with E-state index >= 15 is 0 Å². The zero-order valence-corrected chi connectivity index (χ0v) is 21.6. The molecule has 0 saturated heterocycles. The second kappa shape index (κ2) is 11.7. The Kier molecular flexibility index (Phi) is 8.36. The summed E-state index contributed by atoms with van der Waals surface area (Å²) in [5.74, 6) is 0.322. The minimum Gasteiger partial charge on any atom is -0.489 e. The number of carboxylic acids is 1. The highest BCUT2D eigenvalue weighted by Gasteiger charge is 2.22. The van der Waals surface area contributed by atoms with Gasteiger partial charge in [-0.1, -0.05) is 77.2 Å². The molecule has 3 aromatic carbocycles. The Morgan fingerprint density at radius 2 is 1.75 bits per heavy atom. The van der Waals surface area contributed by atoms with Gasteiger partial charge < -0.3 is 14.4 Å². The molecule has 0 saturated carbocycles. The molecule has 0 aliphatic carbocycles. The van der Waals surface area contributed by atoms with Crippen LogP contribution in [0, 0.1) is 0 Å². The fourth-order valence-electron chi connectivity index (χ4n) is 3.69. The molecule has 4 rings (SSSR count). The van der Waals surface area contributed by atoms with Gasteiger partial charge in [0.05, 0.1) is 26.2 Å². The predicted octanol–water partition coefficient (Wildman–Crippen LogP) is 8.70. The van der Waals surface area contributed by atoms with Crippen LogP contribution < -0.4 is 4.74 Å². The number of nitrogens with zero attached hydrogens (tertiary/aromatic N) is 1. The number of hydrogen-bond acceptors (Lipinski definition) is 4. The molecule has 0 atom stereocenters. The topological polar surface area (TPSA) is 72.6 Å². The highest BCUT2D eigenvalue weighted by Crippen LogP contribution is 2.37. The number of aromatic nitrogens is 1. The molecule has 0 radical (unpaired) electrons. The van der Waals surface area contributed by atoms with Crippen molar-refractivity contribution in [1.29, 1.82) is 0 Å². The Hall–Kier alpha value is -3.25. The second-order valence-corrected chi connectivity index (χ2v) is 9.24. The molecular formula is C28H22Cl3NO4. The number of carbonyl (C=O) groups is 1. The van der Waals surface area contributed by atoms with Gasteiger partial charge >= 0.3 is 5.97 Å². The standard InChI is InChI=1S/C28H22Cl3NO4/c1-2-5-25-21(27(32-36-25)26-22(29)8-4-9-23(26)30)16-35-20-13-12-18(24(31)15-20)11-10-17-6-3-7-19(14-17)28(33)34/h3-4,6-15H,2,5,16H2,1H3,(H,33,34). The first-order valence-corrected chi connectivity index (χ1v) is 12.4. The molecule has 8 heteroatoms. The van der Waals surface area contributed by atoms with E-state index in [1.54, 1.807) is 42.5 Å². The number of hydrogen-bond donors (Lipinski definition) is 1. The number of carboxylic acid groups (broad SMARTS) is 1. The van der Waals surface area contributed by atoms with E-state index in [0.29, 0.717) is 38.5 Å². The maximum absolute atomic E-state index is 11.2. The Morgan fingerprint density at radius 1 is 1.00 bits per heavy atom. The first-order chi connectivity index (χ1) is 17.4. The van der Waals surface area contributed by atoms with Crippen LogP contribution >= 0.6 is 34.8 Å². The average Bonchev–Trinajstić information content (AvgIpc) is 3.24. The molecule has 0 bridgehead atoms. The number of aromatic carboxylic acids is 1. The van der Waals surface area contributed by atoms with Gasteiger partial charge in [-0.05, 0) is 60.0 Å². The van der Waals surface area contributed by atoms with Gasteiger partial charge in [-0.25, -0.2) is 4.79 Å². The van der Waals surface area contributed by atoms with Gasteiger partial charge in [-0.3, -0.25) is 0 Å². The van der Waals surface area contributed by atoms with Gasteiger partial charge in [0.2, 0.25) is 0 Å². The van der Waals surface area contributed by atoms with Crippen molar-refractivity contribution in [3.05, 3.63) is 104 Å². The van der Waals surface area contributed by atoms with Gasteiger partial charge in [0.1, 0.15) is 23.8 Å². The maximum atomic E-state index is 11.2. The zero-order valence-electron chi connectivity index (χ0n) is 19.3. The summed E-state index contributed by atoms with van der Waals surface area (Å²) < 4.78 is 11.7. The summed E-state index contributed by atoms with van der Waals surface area (Å²) in [5.41, 5.74) is 3.70. The van der Waals surface area contributed by atoms with Crippen LogP contribution in [0.25, 0.3) is 23.4 Å². The van der Waals surface area contributed by atoms with E-state index in [-0.39, 0.29) is 12.2 Å². The fourth-order valence-corrected chi connectivity index (χ4v) is 4.50. The Morgan fingerprint density at radius 3 is 2.44 bits per heavy atom. The molecule has 1 N–H and O–H groups in total. The van der Waals surface area contributed by atoms with E-state index in [0.717, 1.165) is 28.9 Å². The third kappa shape index (κ3) is 5.93.